The SMILES string of the molecule is C=C/C=C(F)\C(=C(/C)F)c1c2ccccc2c(-c2cccc3c2sc2cccc(-c4c5ccccc5c(-c5c(F)cccc5F)c5ccccc45)c23)c2ccccc12. The number of thiophene rings is 1. The van der Waals surface area contributed by atoms with Gasteiger partial charge in [-0.3, -0.25) is 0 Å². The van der Waals surface area contributed by atoms with Gasteiger partial charge in [-0.2, -0.15) is 0 Å². The number of hydrogen-bond donors (Lipinski definition) is 0. The van der Waals surface area contributed by atoms with Crippen LogP contribution in [-0.4, -0.2) is 0 Å². The van der Waals surface area contributed by atoms with Gasteiger partial charge in [0.1, 0.15) is 23.3 Å². The third kappa shape index (κ3) is 5.34. The summed E-state index contributed by atoms with van der Waals surface area (Å²) in [4.78, 5) is 0. The standard InChI is InChI=1S/C53H32F4S/c1-3-15-42(55)46(30(2)54)50-35-20-8-6-18-33(35)48(34-19-7-9-21-36(34)50)40-25-12-26-41-49-39(24-13-29-45(49)58-53(40)41)47-31-16-4-10-22-37(31)51(38-23-11-5-17-32(38)47)52-43(56)27-14-28-44(52)57/h3-29H,1H2,2H3/b42-15+,46-30-. The number of hydrogen-bond acceptors (Lipinski definition) is 1. The molecule has 1 heterocycles. The van der Waals surface area contributed by atoms with E-state index in [0.717, 1.165) is 85.5 Å². The normalized spacial score (nSPS) is 12.7. The highest BCUT2D eigenvalue weighted by molar-refractivity contribution is 7.26. The fourth-order valence-corrected chi connectivity index (χ4v) is 10.3. The van der Waals surface area contributed by atoms with E-state index in [0.29, 0.717) is 11.1 Å². The van der Waals surface area contributed by atoms with E-state index in [1.54, 1.807) is 11.3 Å². The second kappa shape index (κ2) is 14.0. The van der Waals surface area contributed by atoms with Crippen molar-refractivity contribution in [3.63, 3.8) is 0 Å². The molecule has 278 valence electrons. The lowest BCUT2D eigenvalue weighted by Crippen LogP contribution is -1.96. The van der Waals surface area contributed by atoms with Crippen LogP contribution < -0.4 is 0 Å². The van der Waals surface area contributed by atoms with Crippen molar-refractivity contribution in [3.05, 3.63) is 199 Å². The van der Waals surface area contributed by atoms with E-state index in [4.69, 9.17) is 0 Å². The zero-order chi connectivity index (χ0) is 39.7. The summed E-state index contributed by atoms with van der Waals surface area (Å²) < 4.78 is 64.6. The number of rotatable bonds is 6. The van der Waals surface area contributed by atoms with Crippen LogP contribution >= 0.6 is 11.3 Å². The average molecular weight is 777 g/mol. The van der Waals surface area contributed by atoms with Gasteiger partial charge in [-0.15, -0.1) is 11.3 Å². The van der Waals surface area contributed by atoms with E-state index < -0.39 is 23.3 Å². The van der Waals surface area contributed by atoms with Gasteiger partial charge >= 0.3 is 0 Å². The van der Waals surface area contributed by atoms with E-state index in [-0.39, 0.29) is 11.1 Å². The molecule has 0 aliphatic heterocycles. The Hall–Kier alpha value is -6.82. The average Bonchev–Trinajstić information content (AvgIpc) is 3.63. The first kappa shape index (κ1) is 35.6. The minimum Gasteiger partial charge on any atom is -0.211 e. The molecular formula is C53H32F4S. The van der Waals surface area contributed by atoms with E-state index in [1.165, 1.54) is 37.3 Å². The van der Waals surface area contributed by atoms with Gasteiger partial charge in [-0.25, -0.2) is 17.6 Å². The van der Waals surface area contributed by atoms with Gasteiger partial charge in [-0.05, 0) is 91.0 Å². The lowest BCUT2D eigenvalue weighted by atomic mass is 9.84. The summed E-state index contributed by atoms with van der Waals surface area (Å²) in [6, 6.07) is 48.0. The molecule has 0 radical (unpaired) electrons. The molecule has 0 amide bonds. The smallest absolute Gasteiger partial charge is 0.134 e. The topological polar surface area (TPSA) is 0 Å². The van der Waals surface area contributed by atoms with E-state index in [9.17, 15) is 0 Å². The van der Waals surface area contributed by atoms with Crippen LogP contribution in [0.25, 0.3) is 102 Å². The molecule has 0 atom stereocenters. The van der Waals surface area contributed by atoms with Crippen molar-refractivity contribution in [3.8, 4) is 33.4 Å². The van der Waals surface area contributed by atoms with Crippen molar-refractivity contribution < 1.29 is 17.6 Å². The Kier molecular flexibility index (Phi) is 8.58. The van der Waals surface area contributed by atoms with Crippen molar-refractivity contribution in [1.29, 1.82) is 0 Å². The number of fused-ring (bicyclic) bond motifs is 7. The van der Waals surface area contributed by atoms with Gasteiger partial charge in [-0.1, -0.05) is 146 Å². The first-order valence-corrected chi connectivity index (χ1v) is 19.8. The summed E-state index contributed by atoms with van der Waals surface area (Å²) in [6.45, 7) is 4.94. The third-order valence-corrected chi connectivity index (χ3v) is 12.4. The maximum Gasteiger partial charge on any atom is 0.134 e. The van der Waals surface area contributed by atoms with Crippen LogP contribution in [0, 0.1) is 11.6 Å². The van der Waals surface area contributed by atoms with Crippen molar-refractivity contribution in [2.75, 3.05) is 0 Å². The molecule has 0 aliphatic rings. The highest BCUT2D eigenvalue weighted by Gasteiger charge is 2.25. The highest BCUT2D eigenvalue weighted by Crippen LogP contribution is 2.52. The predicted octanol–water partition coefficient (Wildman–Crippen LogP) is 16.7. The van der Waals surface area contributed by atoms with Gasteiger partial charge in [0.15, 0.2) is 0 Å². The first-order chi connectivity index (χ1) is 28.4. The van der Waals surface area contributed by atoms with Crippen molar-refractivity contribution in [2.24, 2.45) is 0 Å². The molecule has 0 saturated heterocycles. The Balaban J connectivity index is 1.31. The van der Waals surface area contributed by atoms with Gasteiger partial charge in [0.05, 0.1) is 5.56 Å². The lowest BCUT2D eigenvalue weighted by Gasteiger charge is -2.19. The largest absolute Gasteiger partial charge is 0.211 e. The molecule has 10 rings (SSSR count). The summed E-state index contributed by atoms with van der Waals surface area (Å²) in [5.41, 5.74) is 4.87. The van der Waals surface area contributed by atoms with Crippen LogP contribution in [0.15, 0.2) is 182 Å². The van der Waals surface area contributed by atoms with Crippen molar-refractivity contribution >= 4 is 80.2 Å². The monoisotopic (exact) mass is 776 g/mol. The molecule has 10 aromatic rings. The molecule has 0 N–H and O–H groups in total. The van der Waals surface area contributed by atoms with Crippen LogP contribution in [0.1, 0.15) is 12.5 Å². The van der Waals surface area contributed by atoms with Gasteiger partial charge in [0, 0.05) is 42.4 Å². The summed E-state index contributed by atoms with van der Waals surface area (Å²) in [5.74, 6) is -2.53. The van der Waals surface area contributed by atoms with Gasteiger partial charge < -0.3 is 0 Å². The second-order valence-electron chi connectivity index (χ2n) is 14.4. The summed E-state index contributed by atoms with van der Waals surface area (Å²) in [5, 5.41) is 8.64. The molecule has 5 heteroatoms. The Morgan fingerprint density at radius 3 is 1.45 bits per heavy atom. The van der Waals surface area contributed by atoms with Crippen molar-refractivity contribution in [2.45, 2.75) is 6.92 Å². The Morgan fingerprint density at radius 2 is 0.914 bits per heavy atom. The Labute approximate surface area is 335 Å². The first-order valence-electron chi connectivity index (χ1n) is 19.0. The second-order valence-corrected chi connectivity index (χ2v) is 15.5. The Bertz CT molecular complexity index is 3280. The number of halogens is 4. The molecule has 0 fully saturated rings. The van der Waals surface area contributed by atoms with Crippen LogP contribution in [-0.2, 0) is 0 Å². The molecule has 0 unspecified atom stereocenters. The van der Waals surface area contributed by atoms with Crippen LogP contribution in [0.2, 0.25) is 0 Å². The molecule has 0 nitrogen and oxygen atoms in total. The maximum absolute atomic E-state index is 15.8. The van der Waals surface area contributed by atoms with Crippen LogP contribution in [0.5, 0.6) is 0 Å². The fraction of sp³-hybridized carbons (Fsp3) is 0.0189. The summed E-state index contributed by atoms with van der Waals surface area (Å²) >= 11 is 1.70. The quantitative estimate of drug-likeness (QED) is 0.0896. The summed E-state index contributed by atoms with van der Waals surface area (Å²) in [7, 11) is 0. The molecule has 0 saturated carbocycles. The lowest BCUT2D eigenvalue weighted by molar-refractivity contribution is 0.590. The minimum absolute atomic E-state index is 0.0421. The summed E-state index contributed by atoms with van der Waals surface area (Å²) in [6.07, 6.45) is 2.53. The maximum atomic E-state index is 15.8. The number of benzene rings is 9. The molecule has 58 heavy (non-hydrogen) atoms. The molecule has 0 spiro atoms. The predicted molar refractivity (Wildman–Crippen MR) is 239 cm³/mol. The number of allylic oxidation sites excluding steroid dienone is 5. The van der Waals surface area contributed by atoms with E-state index in [1.807, 2.05) is 97.1 Å². The van der Waals surface area contributed by atoms with Gasteiger partial charge in [0.25, 0.3) is 0 Å². The molecule has 0 aliphatic carbocycles. The molecule has 9 aromatic carbocycles. The van der Waals surface area contributed by atoms with Gasteiger partial charge in [0.2, 0.25) is 0 Å². The minimum atomic E-state index is -0.690. The van der Waals surface area contributed by atoms with E-state index >= 15 is 17.6 Å². The molecular weight excluding hydrogens is 745 g/mol. The third-order valence-electron chi connectivity index (χ3n) is 11.2. The highest BCUT2D eigenvalue weighted by atomic mass is 32.1. The zero-order valence-electron chi connectivity index (χ0n) is 31.2. The zero-order valence-corrected chi connectivity index (χ0v) is 32.0. The van der Waals surface area contributed by atoms with Crippen LogP contribution in [0.4, 0.5) is 17.6 Å². The van der Waals surface area contributed by atoms with Crippen LogP contribution in [0.3, 0.4) is 0 Å². The van der Waals surface area contributed by atoms with Crippen molar-refractivity contribution in [1.82, 2.24) is 0 Å². The van der Waals surface area contributed by atoms with E-state index in [2.05, 4.69) is 43.0 Å². The fourth-order valence-electron chi connectivity index (χ4n) is 9.01. The molecule has 1 aromatic heterocycles. The molecule has 0 bridgehead atoms. The Morgan fingerprint density at radius 1 is 0.483 bits per heavy atom.